The molecular weight excluding hydrogens is 268 g/mol. The number of rotatable bonds is 9. The Labute approximate surface area is 125 Å². The van der Waals surface area contributed by atoms with Crippen LogP contribution in [0.2, 0.25) is 0 Å². The van der Waals surface area contributed by atoms with Gasteiger partial charge in [0.2, 0.25) is 0 Å². The van der Waals surface area contributed by atoms with E-state index in [4.69, 9.17) is 5.11 Å². The molecule has 0 saturated heterocycles. The Bertz CT molecular complexity index is 474. The summed E-state index contributed by atoms with van der Waals surface area (Å²) in [6.07, 6.45) is 2.03. The zero-order valence-electron chi connectivity index (χ0n) is 12.7. The van der Waals surface area contributed by atoms with E-state index in [9.17, 15) is 9.59 Å². The van der Waals surface area contributed by atoms with Crippen LogP contribution in [-0.2, 0) is 11.2 Å². The van der Waals surface area contributed by atoms with Crippen molar-refractivity contribution in [2.24, 2.45) is 5.92 Å². The van der Waals surface area contributed by atoms with Crippen LogP contribution in [0.4, 0.5) is 0 Å². The second kappa shape index (κ2) is 9.13. The summed E-state index contributed by atoms with van der Waals surface area (Å²) in [6.45, 7) is 2.99. The minimum atomic E-state index is -0.793. The van der Waals surface area contributed by atoms with Gasteiger partial charge >= 0.3 is 5.97 Å². The monoisotopic (exact) mass is 292 g/mol. The van der Waals surface area contributed by atoms with Crippen LogP contribution in [0.15, 0.2) is 24.3 Å². The molecule has 0 aromatic heterocycles. The fourth-order valence-corrected chi connectivity index (χ4v) is 2.05. The summed E-state index contributed by atoms with van der Waals surface area (Å²) in [5, 5.41) is 14.7. The van der Waals surface area contributed by atoms with Crippen LogP contribution in [0.25, 0.3) is 0 Å². The molecule has 3 N–H and O–H groups in total. The van der Waals surface area contributed by atoms with Crippen molar-refractivity contribution in [3.63, 3.8) is 0 Å². The van der Waals surface area contributed by atoms with Gasteiger partial charge in [0.1, 0.15) is 0 Å². The van der Waals surface area contributed by atoms with E-state index in [1.54, 1.807) is 6.92 Å². The molecule has 1 rings (SSSR count). The molecule has 5 nitrogen and oxygen atoms in total. The first kappa shape index (κ1) is 17.2. The molecule has 0 heterocycles. The Hall–Kier alpha value is -1.88. The van der Waals surface area contributed by atoms with Gasteiger partial charge in [-0.05, 0) is 44.5 Å². The lowest BCUT2D eigenvalue weighted by Crippen LogP contribution is -2.26. The van der Waals surface area contributed by atoms with Crippen molar-refractivity contribution in [3.05, 3.63) is 35.4 Å². The molecule has 0 aliphatic carbocycles. The number of amides is 1. The van der Waals surface area contributed by atoms with Crippen molar-refractivity contribution in [3.8, 4) is 0 Å². The summed E-state index contributed by atoms with van der Waals surface area (Å²) in [7, 11) is 1.88. The van der Waals surface area contributed by atoms with Gasteiger partial charge in [-0.25, -0.2) is 0 Å². The lowest BCUT2D eigenvalue weighted by Gasteiger charge is -2.11. The summed E-state index contributed by atoms with van der Waals surface area (Å²) < 4.78 is 0. The van der Waals surface area contributed by atoms with Crippen LogP contribution >= 0.6 is 0 Å². The summed E-state index contributed by atoms with van der Waals surface area (Å²) in [5.41, 5.74) is 1.71. The number of carbonyl (C=O) groups is 2. The predicted octanol–water partition coefficient (Wildman–Crippen LogP) is 1.68. The van der Waals surface area contributed by atoms with E-state index < -0.39 is 5.97 Å². The maximum Gasteiger partial charge on any atom is 0.306 e. The maximum atomic E-state index is 12.2. The molecule has 21 heavy (non-hydrogen) atoms. The molecule has 1 unspecified atom stereocenters. The average molecular weight is 292 g/mol. The third-order valence-electron chi connectivity index (χ3n) is 3.43. The van der Waals surface area contributed by atoms with E-state index >= 15 is 0 Å². The molecule has 0 saturated carbocycles. The number of carbonyl (C=O) groups excluding carboxylic acids is 1. The second-order valence-electron chi connectivity index (χ2n) is 5.15. The SMILES string of the molecule is CNCCc1ccccc1C(=O)NCCCC(C)C(=O)O. The van der Waals surface area contributed by atoms with Crippen molar-refractivity contribution in [2.75, 3.05) is 20.1 Å². The van der Waals surface area contributed by atoms with Gasteiger partial charge in [-0.2, -0.15) is 0 Å². The minimum Gasteiger partial charge on any atom is -0.481 e. The largest absolute Gasteiger partial charge is 0.481 e. The zero-order valence-corrected chi connectivity index (χ0v) is 12.7. The van der Waals surface area contributed by atoms with Gasteiger partial charge in [-0.1, -0.05) is 25.1 Å². The molecule has 0 bridgehead atoms. The van der Waals surface area contributed by atoms with Gasteiger partial charge in [0, 0.05) is 12.1 Å². The molecule has 1 atom stereocenters. The van der Waals surface area contributed by atoms with Gasteiger partial charge in [-0.3, -0.25) is 9.59 Å². The summed E-state index contributed by atoms with van der Waals surface area (Å²) in [5.74, 6) is -1.26. The lowest BCUT2D eigenvalue weighted by molar-refractivity contribution is -0.141. The third-order valence-corrected chi connectivity index (χ3v) is 3.43. The van der Waals surface area contributed by atoms with Crippen molar-refractivity contribution < 1.29 is 14.7 Å². The third kappa shape index (κ3) is 5.95. The highest BCUT2D eigenvalue weighted by Gasteiger charge is 2.12. The van der Waals surface area contributed by atoms with Crippen LogP contribution < -0.4 is 10.6 Å². The van der Waals surface area contributed by atoms with E-state index in [-0.39, 0.29) is 11.8 Å². The highest BCUT2D eigenvalue weighted by molar-refractivity contribution is 5.95. The Kier molecular flexibility index (Phi) is 7.46. The Morgan fingerprint density at radius 1 is 1.24 bits per heavy atom. The van der Waals surface area contributed by atoms with Crippen LogP contribution in [0, 0.1) is 5.92 Å². The zero-order chi connectivity index (χ0) is 15.7. The first-order chi connectivity index (χ1) is 10.1. The number of carboxylic acid groups (broad SMARTS) is 1. The molecule has 0 fully saturated rings. The van der Waals surface area contributed by atoms with Crippen LogP contribution in [-0.4, -0.2) is 37.1 Å². The molecule has 5 heteroatoms. The fraction of sp³-hybridized carbons (Fsp3) is 0.500. The van der Waals surface area contributed by atoms with Gasteiger partial charge in [0.25, 0.3) is 5.91 Å². The fourth-order valence-electron chi connectivity index (χ4n) is 2.05. The first-order valence-electron chi connectivity index (χ1n) is 7.29. The minimum absolute atomic E-state index is 0.0929. The van der Waals surface area contributed by atoms with E-state index in [2.05, 4.69) is 10.6 Å². The number of likely N-dealkylation sites (N-methyl/N-ethyl adjacent to an activating group) is 1. The molecule has 0 aliphatic rings. The molecule has 1 aromatic carbocycles. The molecule has 0 aliphatic heterocycles. The standard InChI is InChI=1S/C16H24N2O3/c1-12(16(20)21)6-5-10-18-15(19)14-8-4-3-7-13(14)9-11-17-2/h3-4,7-8,12,17H,5-6,9-11H2,1-2H3,(H,18,19)(H,20,21). The molecule has 1 aromatic rings. The number of aliphatic carboxylic acids is 1. The van der Waals surface area contributed by atoms with E-state index in [0.29, 0.717) is 24.9 Å². The quantitative estimate of drug-likeness (QED) is 0.605. The predicted molar refractivity (Wildman–Crippen MR) is 82.4 cm³/mol. The number of benzene rings is 1. The van der Waals surface area contributed by atoms with Gasteiger partial charge < -0.3 is 15.7 Å². The van der Waals surface area contributed by atoms with Crippen LogP contribution in [0.3, 0.4) is 0 Å². The topological polar surface area (TPSA) is 78.4 Å². The van der Waals surface area contributed by atoms with Crippen LogP contribution in [0.1, 0.15) is 35.7 Å². The highest BCUT2D eigenvalue weighted by Crippen LogP contribution is 2.10. The van der Waals surface area contributed by atoms with Gasteiger partial charge in [0.05, 0.1) is 5.92 Å². The Balaban J connectivity index is 2.46. The maximum absolute atomic E-state index is 12.2. The molecule has 0 radical (unpaired) electrons. The second-order valence-corrected chi connectivity index (χ2v) is 5.15. The van der Waals surface area contributed by atoms with Crippen molar-refractivity contribution in [1.82, 2.24) is 10.6 Å². The normalized spacial score (nSPS) is 11.9. The van der Waals surface area contributed by atoms with Crippen LogP contribution in [0.5, 0.6) is 0 Å². The van der Waals surface area contributed by atoms with E-state index in [1.807, 2.05) is 31.3 Å². The van der Waals surface area contributed by atoms with E-state index in [1.165, 1.54) is 0 Å². The van der Waals surface area contributed by atoms with Crippen molar-refractivity contribution >= 4 is 11.9 Å². The van der Waals surface area contributed by atoms with Gasteiger partial charge in [0.15, 0.2) is 0 Å². The number of hydrogen-bond donors (Lipinski definition) is 3. The van der Waals surface area contributed by atoms with Crippen molar-refractivity contribution in [2.45, 2.75) is 26.2 Å². The highest BCUT2D eigenvalue weighted by atomic mass is 16.4. The molecule has 1 amide bonds. The van der Waals surface area contributed by atoms with Crippen molar-refractivity contribution in [1.29, 1.82) is 0 Å². The average Bonchev–Trinajstić information content (AvgIpc) is 2.49. The summed E-state index contributed by atoms with van der Waals surface area (Å²) in [6, 6.07) is 7.56. The van der Waals surface area contributed by atoms with Gasteiger partial charge in [-0.15, -0.1) is 0 Å². The molecular formula is C16H24N2O3. The number of hydrogen-bond acceptors (Lipinski definition) is 3. The first-order valence-corrected chi connectivity index (χ1v) is 7.29. The number of nitrogens with one attached hydrogen (secondary N) is 2. The summed E-state index contributed by atoms with van der Waals surface area (Å²) >= 11 is 0. The lowest BCUT2D eigenvalue weighted by atomic mass is 10.0. The smallest absolute Gasteiger partial charge is 0.306 e. The molecule has 116 valence electrons. The van der Waals surface area contributed by atoms with E-state index in [0.717, 1.165) is 18.5 Å². The number of carboxylic acids is 1. The Morgan fingerprint density at radius 3 is 2.62 bits per heavy atom. The Morgan fingerprint density at radius 2 is 1.95 bits per heavy atom. The molecule has 0 spiro atoms. The summed E-state index contributed by atoms with van der Waals surface area (Å²) in [4.78, 5) is 22.9.